The fourth-order valence-electron chi connectivity index (χ4n) is 5.97. The van der Waals surface area contributed by atoms with Crippen molar-refractivity contribution in [2.75, 3.05) is 30.1 Å². The number of methoxy groups -OCH3 is 1. The lowest BCUT2D eigenvalue weighted by Gasteiger charge is -2.32. The Morgan fingerprint density at radius 2 is 1.88 bits per heavy atom. The van der Waals surface area contributed by atoms with Crippen molar-refractivity contribution in [2.45, 2.75) is 59.0 Å². The number of rotatable bonds is 9. The van der Waals surface area contributed by atoms with Gasteiger partial charge in [-0.05, 0) is 68.1 Å². The Bertz CT molecular complexity index is 1540. The van der Waals surface area contributed by atoms with Crippen LogP contribution >= 0.6 is 0 Å². The van der Waals surface area contributed by atoms with E-state index < -0.39 is 0 Å². The highest BCUT2D eigenvalue weighted by molar-refractivity contribution is 5.98. The van der Waals surface area contributed by atoms with Crippen molar-refractivity contribution >= 4 is 34.2 Å². The summed E-state index contributed by atoms with van der Waals surface area (Å²) in [6, 6.07) is 21.9. The van der Waals surface area contributed by atoms with Crippen molar-refractivity contribution in [3.05, 3.63) is 89.2 Å². The van der Waals surface area contributed by atoms with Crippen LogP contribution in [0.1, 0.15) is 48.7 Å². The minimum absolute atomic E-state index is 0.0298. The molecule has 0 bridgehead atoms. The maximum atomic E-state index is 14.3. The second-order valence-corrected chi connectivity index (χ2v) is 10.8. The van der Waals surface area contributed by atoms with Gasteiger partial charge in [-0.15, -0.1) is 0 Å². The van der Waals surface area contributed by atoms with Gasteiger partial charge in [0.05, 0.1) is 29.4 Å². The number of anilines is 2. The molecule has 7 heteroatoms. The topological polar surface area (TPSA) is 67.7 Å². The number of carbonyl (C=O) groups excluding carboxylic acids is 2. The number of fused-ring (bicyclic) bond motifs is 1. The number of para-hydroxylation sites is 3. The highest BCUT2D eigenvalue weighted by atomic mass is 16.5. The second kappa shape index (κ2) is 11.6. The maximum Gasteiger partial charge on any atom is 0.247 e. The molecule has 4 aromatic rings. The molecule has 2 heterocycles. The third-order valence-electron chi connectivity index (χ3n) is 7.84. The SMILES string of the molecule is CCc1cccc(C)c1N(C(=O)Cn1c([C@H]2CC(=O)N(c3cccc(C)c3)C2)nc2ccccc21)[C@H](C)COC. The molecule has 0 radical (unpaired) electrons. The van der Waals surface area contributed by atoms with Crippen molar-refractivity contribution in [2.24, 2.45) is 0 Å². The summed E-state index contributed by atoms with van der Waals surface area (Å²) in [6.45, 7) is 9.29. The lowest BCUT2D eigenvalue weighted by Crippen LogP contribution is -2.44. The number of nitrogens with zero attached hydrogens (tertiary/aromatic N) is 4. The molecule has 0 unspecified atom stereocenters. The zero-order valence-electron chi connectivity index (χ0n) is 24.1. The van der Waals surface area contributed by atoms with Crippen LogP contribution in [0.5, 0.6) is 0 Å². The largest absolute Gasteiger partial charge is 0.383 e. The number of aromatic nitrogens is 2. The highest BCUT2D eigenvalue weighted by Crippen LogP contribution is 2.34. The minimum Gasteiger partial charge on any atom is -0.383 e. The molecule has 0 saturated carbocycles. The Morgan fingerprint density at radius 1 is 1.10 bits per heavy atom. The van der Waals surface area contributed by atoms with Gasteiger partial charge in [-0.3, -0.25) is 9.59 Å². The lowest BCUT2D eigenvalue weighted by molar-refractivity contribution is -0.120. The first-order valence-corrected chi connectivity index (χ1v) is 14.0. The van der Waals surface area contributed by atoms with E-state index >= 15 is 0 Å². The predicted octanol–water partition coefficient (Wildman–Crippen LogP) is 5.80. The summed E-state index contributed by atoms with van der Waals surface area (Å²) in [5, 5.41) is 0. The summed E-state index contributed by atoms with van der Waals surface area (Å²) in [7, 11) is 1.66. The van der Waals surface area contributed by atoms with Crippen LogP contribution < -0.4 is 9.80 Å². The van der Waals surface area contributed by atoms with Crippen LogP contribution in [0, 0.1) is 13.8 Å². The van der Waals surface area contributed by atoms with E-state index in [0.29, 0.717) is 19.6 Å². The summed E-state index contributed by atoms with van der Waals surface area (Å²) in [4.78, 5) is 36.2. The van der Waals surface area contributed by atoms with Gasteiger partial charge in [-0.25, -0.2) is 4.98 Å². The van der Waals surface area contributed by atoms with Gasteiger partial charge in [0, 0.05) is 31.7 Å². The van der Waals surface area contributed by atoms with E-state index in [4.69, 9.17) is 9.72 Å². The van der Waals surface area contributed by atoms with Crippen molar-refractivity contribution < 1.29 is 14.3 Å². The molecule has 1 aliphatic rings. The van der Waals surface area contributed by atoms with Crippen molar-refractivity contribution in [1.82, 2.24) is 9.55 Å². The molecule has 1 saturated heterocycles. The van der Waals surface area contributed by atoms with Gasteiger partial charge in [0.15, 0.2) is 0 Å². The summed E-state index contributed by atoms with van der Waals surface area (Å²) < 4.78 is 7.52. The molecule has 1 fully saturated rings. The zero-order chi connectivity index (χ0) is 28.4. The molecule has 5 rings (SSSR count). The van der Waals surface area contributed by atoms with E-state index in [1.807, 2.05) is 82.8 Å². The monoisotopic (exact) mass is 538 g/mol. The van der Waals surface area contributed by atoms with Crippen LogP contribution in [-0.2, 0) is 27.3 Å². The molecule has 1 aromatic heterocycles. The fraction of sp³-hybridized carbons (Fsp3) is 0.364. The number of hydrogen-bond acceptors (Lipinski definition) is 4. The number of imidazole rings is 1. The molecular formula is C33H38N4O3. The molecule has 208 valence electrons. The number of ether oxygens (including phenoxy) is 1. The van der Waals surface area contributed by atoms with Crippen molar-refractivity contribution in [3.63, 3.8) is 0 Å². The Hall–Kier alpha value is -3.97. The number of aryl methyl sites for hydroxylation is 3. The molecule has 1 aliphatic heterocycles. The van der Waals surface area contributed by atoms with Crippen molar-refractivity contribution in [1.29, 1.82) is 0 Å². The first kappa shape index (κ1) is 27.6. The normalized spacial score (nSPS) is 16.1. The van der Waals surface area contributed by atoms with Gasteiger partial charge in [0.25, 0.3) is 0 Å². The molecule has 40 heavy (non-hydrogen) atoms. The van der Waals surface area contributed by atoms with Gasteiger partial charge >= 0.3 is 0 Å². The first-order valence-electron chi connectivity index (χ1n) is 14.0. The maximum absolute atomic E-state index is 14.3. The van der Waals surface area contributed by atoms with Crippen LogP contribution in [0.2, 0.25) is 0 Å². The molecule has 0 aliphatic carbocycles. The number of benzene rings is 3. The Morgan fingerprint density at radius 3 is 2.62 bits per heavy atom. The molecule has 0 spiro atoms. The Labute approximate surface area is 236 Å². The number of carbonyl (C=O) groups is 2. The van der Waals surface area contributed by atoms with E-state index in [1.54, 1.807) is 7.11 Å². The molecule has 0 N–H and O–H groups in total. The fourth-order valence-corrected chi connectivity index (χ4v) is 5.97. The van der Waals surface area contributed by atoms with E-state index in [2.05, 4.69) is 26.0 Å². The summed E-state index contributed by atoms with van der Waals surface area (Å²) in [5.74, 6) is 0.696. The molecule has 2 amide bonds. The Kier molecular flexibility index (Phi) is 8.03. The van der Waals surface area contributed by atoms with Crippen LogP contribution in [0.15, 0.2) is 66.7 Å². The molecule has 3 aromatic carbocycles. The average Bonchev–Trinajstić information content (AvgIpc) is 3.50. The molecular weight excluding hydrogens is 500 g/mol. The highest BCUT2D eigenvalue weighted by Gasteiger charge is 2.36. The van der Waals surface area contributed by atoms with Crippen LogP contribution in [0.25, 0.3) is 11.0 Å². The zero-order valence-corrected chi connectivity index (χ0v) is 24.1. The van der Waals surface area contributed by atoms with Crippen LogP contribution in [0.3, 0.4) is 0 Å². The minimum atomic E-state index is -0.160. The summed E-state index contributed by atoms with van der Waals surface area (Å²) in [6.07, 6.45) is 1.17. The van der Waals surface area contributed by atoms with Gasteiger partial charge in [0.1, 0.15) is 12.4 Å². The number of amides is 2. The quantitative estimate of drug-likeness (QED) is 0.270. The van der Waals surface area contributed by atoms with Gasteiger partial charge in [-0.2, -0.15) is 0 Å². The standard InChI is InChI=1S/C33H38N4O3/c1-6-25-13-10-12-23(3)32(25)37(24(4)21-40-5)31(39)20-36-29-16-8-7-15-28(29)34-33(36)26-18-30(38)35(19-26)27-14-9-11-22(2)17-27/h7-17,24,26H,6,18-21H2,1-5H3/t24-,26+/m1/s1. The van der Waals surface area contributed by atoms with E-state index in [0.717, 1.165) is 51.3 Å². The summed E-state index contributed by atoms with van der Waals surface area (Å²) in [5.41, 5.74) is 6.87. The summed E-state index contributed by atoms with van der Waals surface area (Å²) >= 11 is 0. The van der Waals surface area contributed by atoms with Crippen LogP contribution in [-0.4, -0.2) is 47.7 Å². The number of hydrogen-bond donors (Lipinski definition) is 0. The second-order valence-electron chi connectivity index (χ2n) is 10.8. The first-order chi connectivity index (χ1) is 19.3. The third-order valence-corrected chi connectivity index (χ3v) is 7.84. The molecule has 7 nitrogen and oxygen atoms in total. The van der Waals surface area contributed by atoms with Gasteiger partial charge in [-0.1, -0.05) is 49.4 Å². The predicted molar refractivity (Wildman–Crippen MR) is 160 cm³/mol. The van der Waals surface area contributed by atoms with E-state index in [-0.39, 0.29) is 30.3 Å². The Balaban J connectivity index is 1.53. The third kappa shape index (κ3) is 5.26. The average molecular weight is 539 g/mol. The van der Waals surface area contributed by atoms with Gasteiger partial charge in [0.2, 0.25) is 11.8 Å². The van der Waals surface area contributed by atoms with Crippen LogP contribution in [0.4, 0.5) is 11.4 Å². The van der Waals surface area contributed by atoms with Crippen molar-refractivity contribution in [3.8, 4) is 0 Å². The lowest BCUT2D eigenvalue weighted by atomic mass is 10.0. The van der Waals surface area contributed by atoms with E-state index in [1.165, 1.54) is 0 Å². The smallest absolute Gasteiger partial charge is 0.247 e. The molecule has 2 atom stereocenters. The van der Waals surface area contributed by atoms with E-state index in [9.17, 15) is 9.59 Å². The van der Waals surface area contributed by atoms with Gasteiger partial charge < -0.3 is 19.1 Å².